The monoisotopic (exact) mass is 530 g/mol. The van der Waals surface area contributed by atoms with Crippen LogP contribution in [0.5, 0.6) is 11.5 Å². The summed E-state index contributed by atoms with van der Waals surface area (Å²) in [5, 5.41) is 36.6. The highest BCUT2D eigenvalue weighted by Gasteiger charge is 2.37. The summed E-state index contributed by atoms with van der Waals surface area (Å²) in [4.78, 5) is 26.7. The summed E-state index contributed by atoms with van der Waals surface area (Å²) in [6, 6.07) is 13.6. The number of aliphatic hydroxyl groups is 3. The number of benzene rings is 2. The average Bonchev–Trinajstić information content (AvgIpc) is 3.01. The van der Waals surface area contributed by atoms with Crippen LogP contribution in [0.2, 0.25) is 0 Å². The Hall–Kier alpha value is -2.89. The molecule has 2 aromatic rings. The van der Waals surface area contributed by atoms with Crippen molar-refractivity contribution in [2.24, 2.45) is 5.41 Å². The maximum absolute atomic E-state index is 13.0. The van der Waals surface area contributed by atoms with Gasteiger partial charge in [-0.25, -0.2) is 0 Å². The third kappa shape index (κ3) is 7.80. The number of fused-ring (bicyclic) bond motifs is 1. The fourth-order valence-corrected chi connectivity index (χ4v) is 4.61. The molecule has 0 fully saturated rings. The molecule has 1 heterocycles. The Labute approximate surface area is 220 Å². The molecule has 2 aromatic carbocycles. The van der Waals surface area contributed by atoms with Gasteiger partial charge in [0.05, 0.1) is 5.69 Å². The maximum atomic E-state index is 13.0. The summed E-state index contributed by atoms with van der Waals surface area (Å²) < 4.78 is 11.1. The third-order valence-corrected chi connectivity index (χ3v) is 6.71. The first kappa shape index (κ1) is 28.7. The van der Waals surface area contributed by atoms with E-state index in [0.717, 1.165) is 4.90 Å². The van der Waals surface area contributed by atoms with Crippen LogP contribution in [0.25, 0.3) is 0 Å². The highest BCUT2D eigenvalue weighted by atomic mass is 32.2. The zero-order valence-corrected chi connectivity index (χ0v) is 22.1. The number of aliphatic hydroxyl groups excluding tert-OH is 3. The lowest BCUT2D eigenvalue weighted by atomic mass is 9.94. The van der Waals surface area contributed by atoms with Crippen molar-refractivity contribution in [1.82, 2.24) is 5.32 Å². The van der Waals surface area contributed by atoms with Gasteiger partial charge in [-0.3, -0.25) is 9.59 Å². The van der Waals surface area contributed by atoms with Gasteiger partial charge in [0.2, 0.25) is 5.91 Å². The summed E-state index contributed by atoms with van der Waals surface area (Å²) in [7, 11) is 1.20. The van der Waals surface area contributed by atoms with Crippen molar-refractivity contribution in [3.8, 4) is 11.5 Å². The number of carbonyl (C=O) groups is 2. The third-order valence-electron chi connectivity index (χ3n) is 5.56. The molecule has 0 spiro atoms. The van der Waals surface area contributed by atoms with E-state index in [2.05, 4.69) is 10.6 Å². The zero-order valence-electron chi connectivity index (χ0n) is 21.3. The molecule has 4 unspecified atom stereocenters. The lowest BCUT2D eigenvalue weighted by Gasteiger charge is -2.28. The lowest BCUT2D eigenvalue weighted by Crippen LogP contribution is -2.55. The van der Waals surface area contributed by atoms with E-state index in [1.165, 1.54) is 24.9 Å². The van der Waals surface area contributed by atoms with Crippen LogP contribution in [0.3, 0.4) is 0 Å². The minimum absolute atomic E-state index is 0.214. The number of ether oxygens (including phenoxy) is 2. The number of anilines is 1. The Morgan fingerprint density at radius 2 is 1.81 bits per heavy atom. The van der Waals surface area contributed by atoms with Crippen molar-refractivity contribution < 1.29 is 34.4 Å². The largest absolute Gasteiger partial charge is 0.455 e. The molecule has 10 heteroatoms. The second kappa shape index (κ2) is 12.6. The molecule has 0 aliphatic carbocycles. The highest BCUT2D eigenvalue weighted by molar-refractivity contribution is 7.99. The standard InChI is InChI=1S/C27H34N2O7S/c1-27(2,3)14-13-18(30)22(31)23(32)24(35-4)26(34)28-17-15-37-20-12-8-11-19(21(20)29-25(17)33)36-16-9-6-5-7-10-16/h5-14,17-18,22-24,30-32H,15H2,1-4H3,(H,28,34)(H,29,33)/t17-,18?,22?,23?,24?/m0/s1. The molecule has 5 atom stereocenters. The number of amides is 2. The quantitative estimate of drug-likeness (QED) is 0.312. The Bertz CT molecular complexity index is 1100. The fraction of sp³-hybridized carbons (Fsp3) is 0.407. The molecule has 5 N–H and O–H groups in total. The number of para-hydroxylation sites is 2. The first-order chi connectivity index (χ1) is 17.5. The van der Waals surface area contributed by atoms with Crippen molar-refractivity contribution in [3.05, 3.63) is 60.7 Å². The smallest absolute Gasteiger partial charge is 0.252 e. The minimum Gasteiger partial charge on any atom is -0.455 e. The molecule has 200 valence electrons. The van der Waals surface area contributed by atoms with Gasteiger partial charge in [0.1, 0.15) is 30.1 Å². The summed E-state index contributed by atoms with van der Waals surface area (Å²) in [6.45, 7) is 5.74. The Morgan fingerprint density at radius 3 is 2.46 bits per heavy atom. The van der Waals surface area contributed by atoms with Crippen LogP contribution in [0, 0.1) is 5.41 Å². The molecule has 37 heavy (non-hydrogen) atoms. The van der Waals surface area contributed by atoms with E-state index < -0.39 is 42.3 Å². The van der Waals surface area contributed by atoms with Crippen molar-refractivity contribution in [2.75, 3.05) is 18.2 Å². The number of nitrogens with one attached hydrogen (secondary N) is 2. The first-order valence-electron chi connectivity index (χ1n) is 11.9. The molecule has 3 rings (SSSR count). The number of methoxy groups -OCH3 is 1. The molecule has 0 saturated carbocycles. The summed E-state index contributed by atoms with van der Waals surface area (Å²) in [5.74, 6) is 0.0162. The van der Waals surface area contributed by atoms with Gasteiger partial charge in [0.15, 0.2) is 11.9 Å². The topological polar surface area (TPSA) is 137 Å². The predicted octanol–water partition coefficient (Wildman–Crippen LogP) is 2.71. The van der Waals surface area contributed by atoms with E-state index in [4.69, 9.17) is 9.47 Å². The number of hydrogen-bond donors (Lipinski definition) is 5. The molecule has 9 nitrogen and oxygen atoms in total. The van der Waals surface area contributed by atoms with Gasteiger partial charge in [-0.1, -0.05) is 57.2 Å². The maximum Gasteiger partial charge on any atom is 0.252 e. The lowest BCUT2D eigenvalue weighted by molar-refractivity contribution is -0.150. The molecule has 0 bridgehead atoms. The highest BCUT2D eigenvalue weighted by Crippen LogP contribution is 2.39. The van der Waals surface area contributed by atoms with Crippen LogP contribution in [-0.2, 0) is 14.3 Å². The molecule has 2 amide bonds. The average molecular weight is 531 g/mol. The summed E-state index contributed by atoms with van der Waals surface area (Å²) in [5.41, 5.74) is 0.239. The van der Waals surface area contributed by atoms with Gasteiger partial charge >= 0.3 is 0 Å². The van der Waals surface area contributed by atoms with Gasteiger partial charge in [-0.2, -0.15) is 0 Å². The molecular formula is C27H34N2O7S. The number of carbonyl (C=O) groups excluding carboxylic acids is 2. The van der Waals surface area contributed by atoms with Crippen LogP contribution < -0.4 is 15.4 Å². The zero-order chi connectivity index (χ0) is 27.2. The number of allylic oxidation sites excluding steroid dienone is 1. The van der Waals surface area contributed by atoms with Crippen LogP contribution >= 0.6 is 11.8 Å². The molecule has 0 radical (unpaired) electrons. The molecule has 0 saturated heterocycles. The fourth-order valence-electron chi connectivity index (χ4n) is 3.56. The van der Waals surface area contributed by atoms with Crippen molar-refractivity contribution >= 4 is 29.3 Å². The molecule has 1 aliphatic rings. The van der Waals surface area contributed by atoms with Gasteiger partial charge < -0.3 is 35.4 Å². The molecule has 0 aromatic heterocycles. The number of rotatable bonds is 9. The van der Waals surface area contributed by atoms with Gasteiger partial charge in [-0.05, 0) is 29.7 Å². The Balaban J connectivity index is 1.69. The predicted molar refractivity (Wildman–Crippen MR) is 142 cm³/mol. The van der Waals surface area contributed by atoms with Gasteiger partial charge in [-0.15, -0.1) is 11.8 Å². The van der Waals surface area contributed by atoms with E-state index in [0.29, 0.717) is 17.2 Å². The van der Waals surface area contributed by atoms with Gasteiger partial charge in [0, 0.05) is 17.8 Å². The Kier molecular flexibility index (Phi) is 9.74. The summed E-state index contributed by atoms with van der Waals surface area (Å²) in [6.07, 6.45) is -3.32. The van der Waals surface area contributed by atoms with Crippen molar-refractivity contribution in [3.63, 3.8) is 0 Å². The Morgan fingerprint density at radius 1 is 1.11 bits per heavy atom. The first-order valence-corrected chi connectivity index (χ1v) is 12.8. The molecule has 1 aliphatic heterocycles. The van der Waals surface area contributed by atoms with Crippen LogP contribution in [0.4, 0.5) is 5.69 Å². The molecular weight excluding hydrogens is 496 g/mol. The van der Waals surface area contributed by atoms with E-state index in [1.54, 1.807) is 24.3 Å². The minimum atomic E-state index is -1.74. The SMILES string of the molecule is COC(C(=O)N[C@H]1CSc2cccc(Oc3ccccc3)c2NC1=O)C(O)C(O)C(O)C=CC(C)(C)C. The second-order valence-electron chi connectivity index (χ2n) is 9.76. The van der Waals surface area contributed by atoms with E-state index in [9.17, 15) is 24.9 Å². The van der Waals surface area contributed by atoms with Crippen LogP contribution in [-0.4, -0.2) is 70.5 Å². The van der Waals surface area contributed by atoms with E-state index in [1.807, 2.05) is 51.1 Å². The summed E-state index contributed by atoms with van der Waals surface area (Å²) >= 11 is 1.36. The van der Waals surface area contributed by atoms with Crippen LogP contribution in [0.15, 0.2) is 65.6 Å². The normalized spacial score (nSPS) is 19.2. The van der Waals surface area contributed by atoms with Crippen molar-refractivity contribution in [1.29, 1.82) is 0 Å². The number of hydrogen-bond acceptors (Lipinski definition) is 8. The van der Waals surface area contributed by atoms with Crippen molar-refractivity contribution in [2.45, 2.75) is 56.1 Å². The number of thioether (sulfide) groups is 1. The van der Waals surface area contributed by atoms with Gasteiger partial charge in [0.25, 0.3) is 5.91 Å². The second-order valence-corrected chi connectivity index (χ2v) is 10.8. The van der Waals surface area contributed by atoms with E-state index >= 15 is 0 Å². The van der Waals surface area contributed by atoms with E-state index in [-0.39, 0.29) is 11.2 Å². The van der Waals surface area contributed by atoms with Crippen LogP contribution in [0.1, 0.15) is 20.8 Å².